The van der Waals surface area contributed by atoms with Gasteiger partial charge in [0.2, 0.25) is 10.0 Å². The van der Waals surface area contributed by atoms with Crippen molar-refractivity contribution < 1.29 is 22.7 Å². The molecule has 186 valence electrons. The van der Waals surface area contributed by atoms with Gasteiger partial charge in [-0.3, -0.25) is 14.4 Å². The molecule has 1 aromatic rings. The van der Waals surface area contributed by atoms with Gasteiger partial charge in [-0.2, -0.15) is 0 Å². The van der Waals surface area contributed by atoms with E-state index in [1.54, 1.807) is 0 Å². The van der Waals surface area contributed by atoms with Crippen LogP contribution in [0.5, 0.6) is 0 Å². The van der Waals surface area contributed by atoms with E-state index in [1.807, 2.05) is 30.3 Å². The molecule has 2 rings (SSSR count). The van der Waals surface area contributed by atoms with Crippen LogP contribution in [0.2, 0.25) is 0 Å². The van der Waals surface area contributed by atoms with Crippen LogP contribution in [0.25, 0.3) is 0 Å². The van der Waals surface area contributed by atoms with E-state index in [9.17, 15) is 18.0 Å². The first-order valence-electron chi connectivity index (χ1n) is 12.4. The molecule has 1 saturated heterocycles. The number of likely N-dealkylation sites (tertiary alicyclic amines) is 1. The first-order valence-corrected chi connectivity index (χ1v) is 14.1. The van der Waals surface area contributed by atoms with Crippen LogP contribution < -0.4 is 4.72 Å². The zero-order valence-corrected chi connectivity index (χ0v) is 20.8. The van der Waals surface area contributed by atoms with Crippen LogP contribution in [0, 0.1) is 0 Å². The van der Waals surface area contributed by atoms with E-state index >= 15 is 0 Å². The lowest BCUT2D eigenvalue weighted by Crippen LogP contribution is -2.48. The number of benzene rings is 1. The van der Waals surface area contributed by atoms with Crippen molar-refractivity contribution in [1.82, 2.24) is 9.62 Å². The van der Waals surface area contributed by atoms with Crippen molar-refractivity contribution in [2.45, 2.75) is 96.6 Å². The second-order valence-electron chi connectivity index (χ2n) is 8.86. The van der Waals surface area contributed by atoms with Gasteiger partial charge in [-0.05, 0) is 24.8 Å². The summed E-state index contributed by atoms with van der Waals surface area (Å²) in [6, 6.07) is 8.48. The maximum Gasteiger partial charge on any atom is 0.410 e. The molecule has 1 heterocycles. The largest absolute Gasteiger partial charge is 0.445 e. The SMILES string of the molecule is CCCCCCCCCCCCS(=O)(=O)NC(=O)[C@H]1CCCN1C(=O)OCc1ccccc1. The van der Waals surface area contributed by atoms with Crippen molar-refractivity contribution >= 4 is 22.0 Å². The third kappa shape index (κ3) is 10.6. The predicted octanol–water partition coefficient (Wildman–Crippen LogP) is 5.15. The number of hydrogen-bond acceptors (Lipinski definition) is 5. The molecule has 8 heteroatoms. The van der Waals surface area contributed by atoms with Crippen molar-refractivity contribution in [3.8, 4) is 0 Å². The van der Waals surface area contributed by atoms with Gasteiger partial charge in [0.1, 0.15) is 12.6 Å². The highest BCUT2D eigenvalue weighted by Gasteiger charge is 2.36. The van der Waals surface area contributed by atoms with E-state index in [0.717, 1.165) is 24.8 Å². The molecule has 1 aliphatic rings. The van der Waals surface area contributed by atoms with Gasteiger partial charge in [0.25, 0.3) is 5.91 Å². The number of unbranched alkanes of at least 4 members (excludes halogenated alkanes) is 9. The van der Waals surface area contributed by atoms with Gasteiger partial charge < -0.3 is 4.74 Å². The van der Waals surface area contributed by atoms with Crippen molar-refractivity contribution in [1.29, 1.82) is 0 Å². The van der Waals surface area contributed by atoms with Crippen LogP contribution in [0.4, 0.5) is 4.79 Å². The summed E-state index contributed by atoms with van der Waals surface area (Å²) in [5.41, 5.74) is 0.852. The third-order valence-electron chi connectivity index (χ3n) is 6.02. The molecular weight excluding hydrogens is 440 g/mol. The summed E-state index contributed by atoms with van der Waals surface area (Å²) in [6.07, 6.45) is 11.6. The summed E-state index contributed by atoms with van der Waals surface area (Å²) in [5, 5.41) is 0. The average Bonchev–Trinajstić information content (AvgIpc) is 3.29. The molecule has 1 aromatic carbocycles. The Morgan fingerprint density at radius 2 is 1.58 bits per heavy atom. The zero-order chi connectivity index (χ0) is 23.9. The smallest absolute Gasteiger partial charge is 0.410 e. The van der Waals surface area contributed by atoms with Crippen LogP contribution in [-0.4, -0.2) is 43.7 Å². The van der Waals surface area contributed by atoms with Gasteiger partial charge in [-0.1, -0.05) is 95.0 Å². The molecule has 7 nitrogen and oxygen atoms in total. The molecule has 1 fully saturated rings. The highest BCUT2D eigenvalue weighted by molar-refractivity contribution is 7.90. The van der Waals surface area contributed by atoms with Crippen LogP contribution in [0.3, 0.4) is 0 Å². The number of hydrogen-bond donors (Lipinski definition) is 1. The Morgan fingerprint density at radius 1 is 0.970 bits per heavy atom. The van der Waals surface area contributed by atoms with E-state index in [2.05, 4.69) is 11.6 Å². The Hall–Kier alpha value is -2.09. The maximum atomic E-state index is 12.6. The van der Waals surface area contributed by atoms with Gasteiger partial charge in [-0.25, -0.2) is 13.2 Å². The summed E-state index contributed by atoms with van der Waals surface area (Å²) in [5.74, 6) is -0.711. The minimum absolute atomic E-state index is 0.0690. The molecule has 0 radical (unpaired) electrons. The Labute approximate surface area is 199 Å². The zero-order valence-electron chi connectivity index (χ0n) is 20.0. The number of ether oxygens (including phenoxy) is 1. The van der Waals surface area contributed by atoms with Crippen LogP contribution in [0.1, 0.15) is 89.5 Å². The minimum atomic E-state index is -3.71. The number of nitrogens with zero attached hydrogens (tertiary/aromatic N) is 1. The minimum Gasteiger partial charge on any atom is -0.445 e. The summed E-state index contributed by atoms with van der Waals surface area (Å²) in [6.45, 7) is 2.70. The van der Waals surface area contributed by atoms with Gasteiger partial charge >= 0.3 is 6.09 Å². The maximum absolute atomic E-state index is 12.6. The van der Waals surface area contributed by atoms with E-state index in [1.165, 1.54) is 43.4 Å². The lowest BCUT2D eigenvalue weighted by Gasteiger charge is -2.23. The van der Waals surface area contributed by atoms with Crippen molar-refractivity contribution in [2.24, 2.45) is 0 Å². The standard InChI is InChI=1S/C25H40N2O5S/c1-2-3-4-5-6-7-8-9-10-14-20-33(30,31)26-24(28)23-18-15-19-27(23)25(29)32-21-22-16-12-11-13-17-22/h11-13,16-17,23H,2-10,14-15,18-21H2,1H3,(H,26,28)/t23-/m1/s1. The molecule has 0 spiro atoms. The van der Waals surface area contributed by atoms with E-state index < -0.39 is 28.1 Å². The normalized spacial score (nSPS) is 16.0. The van der Waals surface area contributed by atoms with Gasteiger partial charge in [0.15, 0.2) is 0 Å². The van der Waals surface area contributed by atoms with Crippen molar-refractivity contribution in [3.05, 3.63) is 35.9 Å². The number of rotatable bonds is 15. The molecule has 33 heavy (non-hydrogen) atoms. The Bertz CT molecular complexity index is 813. The molecule has 0 unspecified atom stereocenters. The van der Waals surface area contributed by atoms with E-state index in [0.29, 0.717) is 25.8 Å². The quantitative estimate of drug-likeness (QED) is 0.350. The fourth-order valence-corrected chi connectivity index (χ4v) is 5.24. The Kier molecular flexibility index (Phi) is 12.3. The van der Waals surface area contributed by atoms with Crippen LogP contribution in [-0.2, 0) is 26.2 Å². The first-order chi connectivity index (χ1) is 15.9. The molecule has 1 N–H and O–H groups in total. The summed E-state index contributed by atoms with van der Waals surface area (Å²) < 4.78 is 32.2. The van der Waals surface area contributed by atoms with Gasteiger partial charge in [-0.15, -0.1) is 0 Å². The number of carbonyl (C=O) groups excluding carboxylic acids is 2. The lowest BCUT2D eigenvalue weighted by atomic mass is 10.1. The topological polar surface area (TPSA) is 92.8 Å². The number of nitrogens with one attached hydrogen (secondary N) is 1. The fraction of sp³-hybridized carbons (Fsp3) is 0.680. The first kappa shape index (κ1) is 27.2. The summed E-state index contributed by atoms with van der Waals surface area (Å²) in [7, 11) is -3.71. The Balaban J connectivity index is 1.66. The lowest BCUT2D eigenvalue weighted by molar-refractivity contribution is -0.123. The number of sulfonamides is 1. The molecule has 0 aliphatic carbocycles. The Morgan fingerprint density at radius 3 is 2.21 bits per heavy atom. The van der Waals surface area contributed by atoms with E-state index in [4.69, 9.17) is 4.74 Å². The second-order valence-corrected chi connectivity index (χ2v) is 10.7. The highest BCUT2D eigenvalue weighted by atomic mass is 32.2. The second kappa shape index (κ2) is 14.9. The van der Waals surface area contributed by atoms with Crippen molar-refractivity contribution in [3.63, 3.8) is 0 Å². The number of carbonyl (C=O) groups is 2. The number of amides is 2. The molecule has 0 bridgehead atoms. The fourth-order valence-electron chi connectivity index (χ4n) is 4.11. The average molecular weight is 481 g/mol. The van der Waals surface area contributed by atoms with Crippen LogP contribution >= 0.6 is 0 Å². The third-order valence-corrected chi connectivity index (χ3v) is 7.36. The van der Waals surface area contributed by atoms with Gasteiger partial charge in [0, 0.05) is 6.54 Å². The van der Waals surface area contributed by atoms with Gasteiger partial charge in [0.05, 0.1) is 5.75 Å². The predicted molar refractivity (Wildman–Crippen MR) is 130 cm³/mol. The van der Waals surface area contributed by atoms with Crippen LogP contribution in [0.15, 0.2) is 30.3 Å². The molecule has 1 atom stereocenters. The monoisotopic (exact) mass is 480 g/mol. The van der Waals surface area contributed by atoms with E-state index in [-0.39, 0.29) is 12.4 Å². The van der Waals surface area contributed by atoms with Crippen molar-refractivity contribution in [2.75, 3.05) is 12.3 Å². The summed E-state index contributed by atoms with van der Waals surface area (Å²) >= 11 is 0. The summed E-state index contributed by atoms with van der Waals surface area (Å²) in [4.78, 5) is 26.4. The molecular formula is C25H40N2O5S. The molecule has 1 aliphatic heterocycles. The molecule has 0 saturated carbocycles. The highest BCUT2D eigenvalue weighted by Crippen LogP contribution is 2.19. The molecule has 0 aromatic heterocycles. The molecule has 2 amide bonds.